The molecule has 0 aliphatic heterocycles. The summed E-state index contributed by atoms with van der Waals surface area (Å²) < 4.78 is 0. The maximum atomic E-state index is 12.0. The number of carbonyl (C=O) groups excluding carboxylic acids is 1. The van der Waals surface area contributed by atoms with E-state index < -0.39 is 12.1 Å². The number of hydrogen-bond acceptors (Lipinski definition) is 3. The predicted molar refractivity (Wildman–Crippen MR) is 124 cm³/mol. The van der Waals surface area contributed by atoms with Crippen LogP contribution in [-0.2, 0) is 4.79 Å². The molecule has 0 aromatic rings. The van der Waals surface area contributed by atoms with Crippen molar-refractivity contribution in [2.45, 2.75) is 109 Å². The lowest BCUT2D eigenvalue weighted by molar-refractivity contribution is -0.123. The fourth-order valence-corrected chi connectivity index (χ4v) is 3.09. The maximum absolute atomic E-state index is 12.0. The Morgan fingerprint density at radius 1 is 0.862 bits per heavy atom. The molecule has 0 saturated carbocycles. The van der Waals surface area contributed by atoms with E-state index in [0.29, 0.717) is 6.42 Å². The number of unbranched alkanes of at least 4 members (excludes halogenated alkanes) is 9. The van der Waals surface area contributed by atoms with Crippen LogP contribution in [0.4, 0.5) is 0 Å². The lowest BCUT2D eigenvalue weighted by Crippen LogP contribution is -2.45. The summed E-state index contributed by atoms with van der Waals surface area (Å²) in [5, 5.41) is 22.4. The summed E-state index contributed by atoms with van der Waals surface area (Å²) in [7, 11) is 0. The minimum absolute atomic E-state index is 0.0912. The highest BCUT2D eigenvalue weighted by Gasteiger charge is 2.17. The molecule has 1 amide bonds. The molecule has 0 aromatic heterocycles. The standard InChI is InChI=1S/C25H45NO3/c1-3-5-7-9-11-13-14-16-18-20-24(28)23(22-27)26-25(29)21-19-17-15-12-10-8-6-4-2/h3,5,11,13,18,20,23-24,27-28H,4,6-10,12,14-17,19,21-22H2,1-2H3,(H,26,29)/b5-3+,13-11+,20-18+. The van der Waals surface area contributed by atoms with Gasteiger partial charge in [-0.2, -0.15) is 0 Å². The second-order valence-electron chi connectivity index (χ2n) is 7.70. The van der Waals surface area contributed by atoms with Gasteiger partial charge < -0.3 is 15.5 Å². The van der Waals surface area contributed by atoms with Gasteiger partial charge in [0.2, 0.25) is 5.91 Å². The van der Waals surface area contributed by atoms with Gasteiger partial charge in [-0.05, 0) is 39.0 Å². The minimum atomic E-state index is -0.860. The first-order valence-corrected chi connectivity index (χ1v) is 11.7. The number of nitrogens with one attached hydrogen (secondary N) is 1. The number of amides is 1. The Labute approximate surface area is 179 Å². The molecule has 0 aliphatic carbocycles. The van der Waals surface area contributed by atoms with Crippen LogP contribution in [0.15, 0.2) is 36.5 Å². The van der Waals surface area contributed by atoms with Gasteiger partial charge in [-0.1, -0.05) is 88.3 Å². The molecule has 0 saturated heterocycles. The molecule has 4 heteroatoms. The lowest BCUT2D eigenvalue weighted by atomic mass is 10.1. The van der Waals surface area contributed by atoms with Crippen molar-refractivity contribution in [3.05, 3.63) is 36.5 Å². The molecule has 29 heavy (non-hydrogen) atoms. The van der Waals surface area contributed by atoms with Gasteiger partial charge in [0.15, 0.2) is 0 Å². The average molecular weight is 408 g/mol. The van der Waals surface area contributed by atoms with E-state index in [1.54, 1.807) is 6.08 Å². The Hall–Kier alpha value is -1.39. The summed E-state index contributed by atoms with van der Waals surface area (Å²) in [6.45, 7) is 3.98. The molecule has 0 aliphatic rings. The van der Waals surface area contributed by atoms with Gasteiger partial charge in [0, 0.05) is 6.42 Å². The number of aliphatic hydroxyl groups excluding tert-OH is 2. The smallest absolute Gasteiger partial charge is 0.220 e. The summed E-state index contributed by atoms with van der Waals surface area (Å²) in [6.07, 6.45) is 25.1. The van der Waals surface area contributed by atoms with E-state index in [4.69, 9.17) is 0 Å². The van der Waals surface area contributed by atoms with Crippen LogP contribution in [0.25, 0.3) is 0 Å². The SMILES string of the molecule is C/C=C/CC/C=C/CC/C=C/C(O)C(CO)NC(=O)CCCCCCCCCC. The maximum Gasteiger partial charge on any atom is 0.220 e. The van der Waals surface area contributed by atoms with Crippen LogP contribution in [0, 0.1) is 0 Å². The van der Waals surface area contributed by atoms with Crippen molar-refractivity contribution < 1.29 is 15.0 Å². The number of carbonyl (C=O) groups is 1. The Bertz CT molecular complexity index is 457. The molecule has 2 atom stereocenters. The third kappa shape index (κ3) is 18.4. The largest absolute Gasteiger partial charge is 0.394 e. The molecule has 2 unspecified atom stereocenters. The van der Waals surface area contributed by atoms with Crippen LogP contribution < -0.4 is 5.32 Å². The molecule has 0 heterocycles. The predicted octanol–water partition coefficient (Wildman–Crippen LogP) is 5.60. The quantitative estimate of drug-likeness (QED) is 0.193. The molecule has 0 aromatic carbocycles. The van der Waals surface area contributed by atoms with Crippen LogP contribution in [0.5, 0.6) is 0 Å². The lowest BCUT2D eigenvalue weighted by Gasteiger charge is -2.19. The molecule has 4 nitrogen and oxygen atoms in total. The summed E-state index contributed by atoms with van der Waals surface area (Å²) in [6, 6.07) is -0.635. The highest BCUT2D eigenvalue weighted by atomic mass is 16.3. The highest BCUT2D eigenvalue weighted by Crippen LogP contribution is 2.10. The molecule has 0 bridgehead atoms. The van der Waals surface area contributed by atoms with Gasteiger partial charge in [0.05, 0.1) is 18.8 Å². The van der Waals surface area contributed by atoms with Crippen LogP contribution in [0.2, 0.25) is 0 Å². The van der Waals surface area contributed by atoms with Crippen LogP contribution in [0.3, 0.4) is 0 Å². The van der Waals surface area contributed by atoms with E-state index in [1.807, 2.05) is 13.0 Å². The summed E-state index contributed by atoms with van der Waals surface area (Å²) >= 11 is 0. The number of hydrogen-bond donors (Lipinski definition) is 3. The Morgan fingerprint density at radius 3 is 2.00 bits per heavy atom. The zero-order chi connectivity index (χ0) is 21.6. The second-order valence-corrected chi connectivity index (χ2v) is 7.70. The Kier molecular flexibility index (Phi) is 20.3. The van der Waals surface area contributed by atoms with Gasteiger partial charge in [-0.3, -0.25) is 4.79 Å². The van der Waals surface area contributed by atoms with E-state index in [-0.39, 0.29) is 12.5 Å². The van der Waals surface area contributed by atoms with E-state index in [9.17, 15) is 15.0 Å². The van der Waals surface area contributed by atoms with Crippen molar-refractivity contribution in [3.63, 3.8) is 0 Å². The van der Waals surface area contributed by atoms with Gasteiger partial charge in [-0.25, -0.2) is 0 Å². The highest BCUT2D eigenvalue weighted by molar-refractivity contribution is 5.76. The number of allylic oxidation sites excluding steroid dienone is 5. The number of aliphatic hydroxyl groups is 2. The molecule has 0 rings (SSSR count). The Morgan fingerprint density at radius 2 is 1.41 bits per heavy atom. The first-order valence-electron chi connectivity index (χ1n) is 11.7. The van der Waals surface area contributed by atoms with Crippen molar-refractivity contribution in [2.24, 2.45) is 0 Å². The zero-order valence-electron chi connectivity index (χ0n) is 18.8. The van der Waals surface area contributed by atoms with Crippen molar-refractivity contribution in [1.29, 1.82) is 0 Å². The molecule has 168 valence electrons. The molecule has 0 spiro atoms. The first kappa shape index (κ1) is 27.6. The van der Waals surface area contributed by atoms with E-state index in [0.717, 1.165) is 38.5 Å². The molecule has 0 fully saturated rings. The number of rotatable bonds is 19. The molecular formula is C25H45NO3. The fourth-order valence-electron chi connectivity index (χ4n) is 3.09. The van der Waals surface area contributed by atoms with Crippen molar-refractivity contribution in [2.75, 3.05) is 6.61 Å². The first-order chi connectivity index (χ1) is 14.2. The summed E-state index contributed by atoms with van der Waals surface area (Å²) in [4.78, 5) is 12.0. The average Bonchev–Trinajstić information content (AvgIpc) is 2.72. The van der Waals surface area contributed by atoms with Crippen molar-refractivity contribution >= 4 is 5.91 Å². The van der Waals surface area contributed by atoms with Gasteiger partial charge in [0.25, 0.3) is 0 Å². The topological polar surface area (TPSA) is 69.6 Å². The fraction of sp³-hybridized carbons (Fsp3) is 0.720. The van der Waals surface area contributed by atoms with E-state index in [1.165, 1.54) is 38.5 Å². The normalized spacial score (nSPS) is 14.2. The zero-order valence-corrected chi connectivity index (χ0v) is 18.8. The Balaban J connectivity index is 3.88. The van der Waals surface area contributed by atoms with E-state index in [2.05, 4.69) is 36.5 Å². The summed E-state index contributed by atoms with van der Waals surface area (Å²) in [5.41, 5.74) is 0. The van der Waals surface area contributed by atoms with Gasteiger partial charge in [0.1, 0.15) is 0 Å². The van der Waals surface area contributed by atoms with Gasteiger partial charge in [-0.15, -0.1) is 0 Å². The van der Waals surface area contributed by atoms with Crippen LogP contribution in [-0.4, -0.2) is 34.9 Å². The van der Waals surface area contributed by atoms with Crippen molar-refractivity contribution in [1.82, 2.24) is 5.32 Å². The minimum Gasteiger partial charge on any atom is -0.394 e. The third-order valence-electron chi connectivity index (χ3n) is 4.95. The second kappa shape index (κ2) is 21.3. The van der Waals surface area contributed by atoms with E-state index >= 15 is 0 Å². The van der Waals surface area contributed by atoms with Crippen molar-refractivity contribution in [3.8, 4) is 0 Å². The molecular weight excluding hydrogens is 362 g/mol. The van der Waals surface area contributed by atoms with Crippen LogP contribution in [0.1, 0.15) is 97.3 Å². The van der Waals surface area contributed by atoms with Gasteiger partial charge >= 0.3 is 0 Å². The van der Waals surface area contributed by atoms with Crippen LogP contribution >= 0.6 is 0 Å². The molecule has 0 radical (unpaired) electrons. The summed E-state index contributed by atoms with van der Waals surface area (Å²) in [5.74, 6) is -0.0912. The molecule has 3 N–H and O–H groups in total. The monoisotopic (exact) mass is 407 g/mol. The third-order valence-corrected chi connectivity index (χ3v) is 4.95.